The van der Waals surface area contributed by atoms with Crippen LogP contribution in [0, 0.1) is 0 Å². The SMILES string of the molecule is CN(Cc1csc(Br)c1)c1ccc(N)c2ncccc12. The van der Waals surface area contributed by atoms with Crippen LogP contribution in [0.1, 0.15) is 5.56 Å². The summed E-state index contributed by atoms with van der Waals surface area (Å²) >= 11 is 5.21. The molecule has 0 bridgehead atoms. The average molecular weight is 348 g/mol. The number of hydrogen-bond donors (Lipinski definition) is 1. The molecule has 0 unspecified atom stereocenters. The minimum Gasteiger partial charge on any atom is -0.397 e. The molecule has 0 fully saturated rings. The molecule has 0 saturated carbocycles. The molecule has 3 aromatic rings. The number of nitrogen functional groups attached to an aromatic ring is 1. The molecule has 20 heavy (non-hydrogen) atoms. The van der Waals surface area contributed by atoms with Gasteiger partial charge in [0.2, 0.25) is 0 Å². The molecule has 1 aromatic carbocycles. The Kier molecular flexibility index (Phi) is 3.63. The number of halogens is 1. The van der Waals surface area contributed by atoms with Gasteiger partial charge in [-0.25, -0.2) is 0 Å². The molecule has 0 aliphatic rings. The molecular formula is C15H14BrN3S. The lowest BCUT2D eigenvalue weighted by molar-refractivity contribution is 0.932. The first-order valence-corrected chi connectivity index (χ1v) is 7.89. The maximum atomic E-state index is 6.00. The van der Waals surface area contributed by atoms with Crippen molar-refractivity contribution in [1.82, 2.24) is 4.98 Å². The first kappa shape index (κ1) is 13.4. The van der Waals surface area contributed by atoms with E-state index < -0.39 is 0 Å². The van der Waals surface area contributed by atoms with Crippen molar-refractivity contribution in [3.05, 3.63) is 51.3 Å². The molecule has 2 aromatic heterocycles. The molecule has 102 valence electrons. The Hall–Kier alpha value is -1.59. The van der Waals surface area contributed by atoms with Crippen molar-refractivity contribution in [2.45, 2.75) is 6.54 Å². The maximum absolute atomic E-state index is 6.00. The Bertz CT molecular complexity index is 754. The van der Waals surface area contributed by atoms with Crippen LogP contribution in [0.25, 0.3) is 10.9 Å². The minimum absolute atomic E-state index is 0.719. The number of nitrogens with zero attached hydrogens (tertiary/aromatic N) is 2. The van der Waals surface area contributed by atoms with Crippen molar-refractivity contribution in [2.24, 2.45) is 0 Å². The fourth-order valence-corrected chi connectivity index (χ4v) is 3.50. The lowest BCUT2D eigenvalue weighted by Gasteiger charge is -2.21. The number of fused-ring (bicyclic) bond motifs is 1. The van der Waals surface area contributed by atoms with Crippen LogP contribution >= 0.6 is 27.3 Å². The molecule has 5 heteroatoms. The van der Waals surface area contributed by atoms with Gasteiger partial charge in [0.25, 0.3) is 0 Å². The van der Waals surface area contributed by atoms with Crippen LogP contribution < -0.4 is 10.6 Å². The highest BCUT2D eigenvalue weighted by Crippen LogP contribution is 2.30. The second-order valence-electron chi connectivity index (χ2n) is 4.69. The number of rotatable bonds is 3. The maximum Gasteiger partial charge on any atom is 0.0951 e. The first-order chi connectivity index (χ1) is 9.65. The number of nitrogens with two attached hydrogens (primary N) is 1. The van der Waals surface area contributed by atoms with Crippen LogP contribution in [0.5, 0.6) is 0 Å². The van der Waals surface area contributed by atoms with E-state index in [2.05, 4.69) is 56.4 Å². The second kappa shape index (κ2) is 5.42. The van der Waals surface area contributed by atoms with Crippen molar-refractivity contribution >= 4 is 49.5 Å². The summed E-state index contributed by atoms with van der Waals surface area (Å²) in [5, 5.41) is 3.25. The predicted molar refractivity (Wildman–Crippen MR) is 90.3 cm³/mol. The third-order valence-corrected chi connectivity index (χ3v) is 4.78. The van der Waals surface area contributed by atoms with Gasteiger partial charge in [0.15, 0.2) is 0 Å². The van der Waals surface area contributed by atoms with Gasteiger partial charge in [0.1, 0.15) is 0 Å². The molecule has 0 atom stereocenters. The number of hydrogen-bond acceptors (Lipinski definition) is 4. The summed E-state index contributed by atoms with van der Waals surface area (Å²) in [5.41, 5.74) is 10.0. The molecule has 0 radical (unpaired) electrons. The van der Waals surface area contributed by atoms with Gasteiger partial charge in [-0.1, -0.05) is 0 Å². The van der Waals surface area contributed by atoms with Crippen LogP contribution in [-0.2, 0) is 6.54 Å². The second-order valence-corrected chi connectivity index (χ2v) is 6.98. The lowest BCUT2D eigenvalue weighted by atomic mass is 10.1. The molecule has 0 aliphatic carbocycles. The van der Waals surface area contributed by atoms with E-state index in [-0.39, 0.29) is 0 Å². The zero-order valence-electron chi connectivity index (χ0n) is 11.0. The van der Waals surface area contributed by atoms with Crippen LogP contribution in [0.4, 0.5) is 11.4 Å². The number of thiophene rings is 1. The normalized spacial score (nSPS) is 10.9. The minimum atomic E-state index is 0.719. The summed E-state index contributed by atoms with van der Waals surface area (Å²) in [6, 6.07) is 10.1. The van der Waals surface area contributed by atoms with Crippen molar-refractivity contribution < 1.29 is 0 Å². The quantitative estimate of drug-likeness (QED) is 0.719. The monoisotopic (exact) mass is 347 g/mol. The molecule has 2 heterocycles. The molecule has 0 saturated heterocycles. The Morgan fingerprint density at radius 2 is 2.20 bits per heavy atom. The van der Waals surface area contributed by atoms with E-state index in [1.165, 1.54) is 5.56 Å². The van der Waals surface area contributed by atoms with Crippen molar-refractivity contribution in [3.8, 4) is 0 Å². The fourth-order valence-electron chi connectivity index (χ4n) is 2.30. The van der Waals surface area contributed by atoms with Crippen molar-refractivity contribution in [2.75, 3.05) is 17.7 Å². The predicted octanol–water partition coefficient (Wildman–Crippen LogP) is 4.28. The number of pyridine rings is 1. The van der Waals surface area contributed by atoms with E-state index in [1.807, 2.05) is 12.1 Å². The molecule has 3 nitrogen and oxygen atoms in total. The number of anilines is 2. The zero-order valence-corrected chi connectivity index (χ0v) is 13.4. The zero-order chi connectivity index (χ0) is 14.1. The van der Waals surface area contributed by atoms with E-state index in [0.717, 1.165) is 32.6 Å². The standard InChI is InChI=1S/C15H14BrN3S/c1-19(8-10-7-14(16)20-9-10)13-5-4-12(17)15-11(13)3-2-6-18-15/h2-7,9H,8,17H2,1H3. The van der Waals surface area contributed by atoms with Gasteiger partial charge in [-0.2, -0.15) is 0 Å². The van der Waals surface area contributed by atoms with Gasteiger partial charge >= 0.3 is 0 Å². The van der Waals surface area contributed by atoms with Gasteiger partial charge in [-0.15, -0.1) is 11.3 Å². The molecule has 0 amide bonds. The van der Waals surface area contributed by atoms with E-state index in [4.69, 9.17) is 5.73 Å². The third kappa shape index (κ3) is 2.51. The summed E-state index contributed by atoms with van der Waals surface area (Å²) in [7, 11) is 2.09. The third-order valence-electron chi connectivity index (χ3n) is 3.23. The number of benzene rings is 1. The largest absolute Gasteiger partial charge is 0.397 e. The average Bonchev–Trinajstić information content (AvgIpc) is 2.84. The molecule has 0 aliphatic heterocycles. The topological polar surface area (TPSA) is 42.1 Å². The van der Waals surface area contributed by atoms with Gasteiger partial charge in [-0.05, 0) is 57.2 Å². The smallest absolute Gasteiger partial charge is 0.0951 e. The van der Waals surface area contributed by atoms with E-state index in [0.29, 0.717) is 0 Å². The first-order valence-electron chi connectivity index (χ1n) is 6.22. The van der Waals surface area contributed by atoms with Crippen LogP contribution in [-0.4, -0.2) is 12.0 Å². The van der Waals surface area contributed by atoms with Gasteiger partial charge in [-0.3, -0.25) is 4.98 Å². The summed E-state index contributed by atoms with van der Waals surface area (Å²) in [6.07, 6.45) is 1.78. The highest BCUT2D eigenvalue weighted by atomic mass is 79.9. The summed E-state index contributed by atoms with van der Waals surface area (Å²) in [6.45, 7) is 0.857. The highest BCUT2D eigenvalue weighted by molar-refractivity contribution is 9.11. The highest BCUT2D eigenvalue weighted by Gasteiger charge is 2.10. The van der Waals surface area contributed by atoms with E-state index >= 15 is 0 Å². The van der Waals surface area contributed by atoms with Crippen molar-refractivity contribution in [1.29, 1.82) is 0 Å². The van der Waals surface area contributed by atoms with Crippen LogP contribution in [0.2, 0.25) is 0 Å². The Labute approximate surface area is 130 Å². The Morgan fingerprint density at radius 1 is 1.35 bits per heavy atom. The van der Waals surface area contributed by atoms with E-state index in [1.54, 1.807) is 17.5 Å². The summed E-state index contributed by atoms with van der Waals surface area (Å²) < 4.78 is 1.16. The van der Waals surface area contributed by atoms with Gasteiger partial charge in [0.05, 0.1) is 15.0 Å². The van der Waals surface area contributed by atoms with Gasteiger partial charge < -0.3 is 10.6 Å². The van der Waals surface area contributed by atoms with Crippen molar-refractivity contribution in [3.63, 3.8) is 0 Å². The van der Waals surface area contributed by atoms with Crippen LogP contribution in [0.3, 0.4) is 0 Å². The Morgan fingerprint density at radius 3 is 2.95 bits per heavy atom. The Balaban J connectivity index is 1.99. The summed E-state index contributed by atoms with van der Waals surface area (Å²) in [5.74, 6) is 0. The molecular weight excluding hydrogens is 334 g/mol. The lowest BCUT2D eigenvalue weighted by Crippen LogP contribution is -2.16. The van der Waals surface area contributed by atoms with Crippen LogP contribution in [0.15, 0.2) is 45.7 Å². The van der Waals surface area contributed by atoms with E-state index in [9.17, 15) is 0 Å². The molecule has 0 spiro atoms. The molecule has 3 rings (SSSR count). The fraction of sp³-hybridized carbons (Fsp3) is 0.133. The van der Waals surface area contributed by atoms with Gasteiger partial charge in [0, 0.05) is 30.9 Å². The number of aromatic nitrogens is 1. The summed E-state index contributed by atoms with van der Waals surface area (Å²) in [4.78, 5) is 6.60. The molecule has 2 N–H and O–H groups in total.